The van der Waals surface area contributed by atoms with Crippen LogP contribution in [0.5, 0.6) is 0 Å². The number of aliphatic hydroxyl groups is 8. The second-order valence-electron chi connectivity index (χ2n) is 16.2. The first kappa shape index (κ1) is 51.1. The monoisotopic (exact) mass is 808 g/mol. The van der Waals surface area contributed by atoms with Gasteiger partial charge in [-0.05, 0) is 12.8 Å². The SMILES string of the molecule is CCCCCCCCCCCCCCC[C@@H](O)[C@H](CO[C@@H]1O[C@H](CO)[C@@H](O[C@@H]2O[C@H](CO)[C@H](O)C(O)C2O)C(O)C1O)NC(=O)CCCCCCCCCCC. The van der Waals surface area contributed by atoms with Crippen molar-refractivity contribution in [2.45, 2.75) is 242 Å². The molecule has 2 aliphatic heterocycles. The molecule has 0 aromatic carbocycles. The maximum Gasteiger partial charge on any atom is 0.220 e. The highest BCUT2D eigenvalue weighted by atomic mass is 16.7. The van der Waals surface area contributed by atoms with E-state index >= 15 is 0 Å². The number of hydrogen-bond acceptors (Lipinski definition) is 13. The number of unbranched alkanes of at least 4 members (excludes halogenated alkanes) is 20. The summed E-state index contributed by atoms with van der Waals surface area (Å²) in [7, 11) is 0. The summed E-state index contributed by atoms with van der Waals surface area (Å²) in [6.45, 7) is 2.80. The van der Waals surface area contributed by atoms with Crippen molar-refractivity contribution in [1.29, 1.82) is 0 Å². The van der Waals surface area contributed by atoms with Gasteiger partial charge in [-0.1, -0.05) is 149 Å². The summed E-state index contributed by atoms with van der Waals surface area (Å²) in [6.07, 6.45) is 9.81. The number of amides is 1. The molecule has 332 valence electrons. The molecule has 2 saturated heterocycles. The number of rotatable bonds is 33. The summed E-state index contributed by atoms with van der Waals surface area (Å²) in [5.41, 5.74) is 0. The molecule has 9 N–H and O–H groups in total. The lowest BCUT2D eigenvalue weighted by Crippen LogP contribution is -2.65. The van der Waals surface area contributed by atoms with Crippen molar-refractivity contribution in [3.8, 4) is 0 Å². The van der Waals surface area contributed by atoms with Gasteiger partial charge in [-0.15, -0.1) is 0 Å². The second kappa shape index (κ2) is 30.9. The number of hydrogen-bond donors (Lipinski definition) is 9. The van der Waals surface area contributed by atoms with Crippen LogP contribution in [0.2, 0.25) is 0 Å². The van der Waals surface area contributed by atoms with Crippen molar-refractivity contribution in [3.63, 3.8) is 0 Å². The minimum atomic E-state index is -1.78. The van der Waals surface area contributed by atoms with Crippen LogP contribution in [-0.4, -0.2) is 140 Å². The van der Waals surface area contributed by atoms with Crippen LogP contribution in [0.4, 0.5) is 0 Å². The lowest BCUT2D eigenvalue weighted by Gasteiger charge is -2.46. The zero-order valence-corrected chi connectivity index (χ0v) is 34.6. The fourth-order valence-electron chi connectivity index (χ4n) is 7.59. The Balaban J connectivity index is 1.89. The number of nitrogens with one attached hydrogen (secondary N) is 1. The van der Waals surface area contributed by atoms with Gasteiger partial charge in [-0.2, -0.15) is 0 Å². The fraction of sp³-hybridized carbons (Fsp3) is 0.976. The standard InChI is InChI=1S/C42H81NO13/c1-3-5-7-9-11-13-14-15-16-18-19-21-23-25-31(46)30(43-34(47)26-24-22-20-17-12-10-8-6-4-2)29-53-41-39(52)37(50)40(33(28-45)55-41)56-42-38(51)36(49)35(48)32(27-44)54-42/h30-33,35-42,44-46,48-52H,3-29H2,1-2H3,(H,43,47)/t30-,31+,32+,33+,35-,36?,37?,38?,39?,40+,41+,42-/m0/s1. The molecular formula is C42H81NO13. The first-order valence-corrected chi connectivity index (χ1v) is 22.3. The van der Waals surface area contributed by atoms with E-state index in [0.29, 0.717) is 12.8 Å². The first-order valence-electron chi connectivity index (χ1n) is 22.3. The molecule has 12 atom stereocenters. The topological polar surface area (TPSA) is 228 Å². The number of ether oxygens (including phenoxy) is 4. The van der Waals surface area contributed by atoms with Crippen LogP contribution in [0, 0.1) is 0 Å². The van der Waals surface area contributed by atoms with E-state index in [0.717, 1.165) is 51.4 Å². The van der Waals surface area contributed by atoms with Gasteiger partial charge in [0.1, 0.15) is 48.8 Å². The van der Waals surface area contributed by atoms with Gasteiger partial charge >= 0.3 is 0 Å². The summed E-state index contributed by atoms with van der Waals surface area (Å²) in [6, 6.07) is -0.818. The molecule has 2 aliphatic rings. The number of carbonyl (C=O) groups is 1. The molecule has 0 aromatic heterocycles. The van der Waals surface area contributed by atoms with E-state index in [1.54, 1.807) is 0 Å². The average Bonchev–Trinajstić information content (AvgIpc) is 3.19. The zero-order chi connectivity index (χ0) is 41.1. The minimum absolute atomic E-state index is 0.211. The van der Waals surface area contributed by atoms with Gasteiger partial charge in [0.15, 0.2) is 12.6 Å². The molecule has 2 rings (SSSR count). The molecule has 1 amide bonds. The van der Waals surface area contributed by atoms with Crippen LogP contribution in [0.25, 0.3) is 0 Å². The molecule has 14 nitrogen and oxygen atoms in total. The van der Waals surface area contributed by atoms with Crippen molar-refractivity contribution in [2.24, 2.45) is 0 Å². The van der Waals surface area contributed by atoms with E-state index in [2.05, 4.69) is 19.2 Å². The normalized spacial score (nSPS) is 29.3. The maximum absolute atomic E-state index is 13.0. The summed E-state index contributed by atoms with van der Waals surface area (Å²) in [5, 5.41) is 86.4. The van der Waals surface area contributed by atoms with E-state index in [1.807, 2.05) is 0 Å². The van der Waals surface area contributed by atoms with Crippen LogP contribution in [0.3, 0.4) is 0 Å². The average molecular weight is 808 g/mol. The fourth-order valence-corrected chi connectivity index (χ4v) is 7.59. The van der Waals surface area contributed by atoms with Crippen LogP contribution in [0.1, 0.15) is 168 Å². The Morgan fingerprint density at radius 2 is 1.02 bits per heavy atom. The van der Waals surface area contributed by atoms with Gasteiger partial charge in [-0.3, -0.25) is 4.79 Å². The Kier molecular flexibility index (Phi) is 28.3. The molecule has 14 heteroatoms. The third-order valence-corrected chi connectivity index (χ3v) is 11.3. The van der Waals surface area contributed by atoms with Crippen LogP contribution in [0.15, 0.2) is 0 Å². The maximum atomic E-state index is 13.0. The van der Waals surface area contributed by atoms with Crippen molar-refractivity contribution >= 4 is 5.91 Å². The van der Waals surface area contributed by atoms with Crippen molar-refractivity contribution < 1.29 is 64.6 Å². The smallest absolute Gasteiger partial charge is 0.220 e. The zero-order valence-electron chi connectivity index (χ0n) is 34.6. The van der Waals surface area contributed by atoms with Crippen molar-refractivity contribution in [2.75, 3.05) is 19.8 Å². The van der Waals surface area contributed by atoms with Gasteiger partial charge in [-0.25, -0.2) is 0 Å². The van der Waals surface area contributed by atoms with Gasteiger partial charge < -0.3 is 65.1 Å². The molecule has 0 bridgehead atoms. The molecule has 4 unspecified atom stereocenters. The second-order valence-corrected chi connectivity index (χ2v) is 16.2. The lowest BCUT2D eigenvalue weighted by molar-refractivity contribution is -0.359. The van der Waals surface area contributed by atoms with Crippen LogP contribution < -0.4 is 5.32 Å². The molecular weight excluding hydrogens is 726 g/mol. The molecule has 0 spiro atoms. The lowest BCUT2D eigenvalue weighted by atomic mass is 9.97. The largest absolute Gasteiger partial charge is 0.394 e. The van der Waals surface area contributed by atoms with Gasteiger partial charge in [0.25, 0.3) is 0 Å². The van der Waals surface area contributed by atoms with E-state index in [-0.39, 0.29) is 12.5 Å². The molecule has 2 fully saturated rings. The molecule has 0 saturated carbocycles. The Hall–Kier alpha value is -1.01. The van der Waals surface area contributed by atoms with Gasteiger partial charge in [0.05, 0.1) is 32.0 Å². The van der Waals surface area contributed by atoms with Crippen molar-refractivity contribution in [1.82, 2.24) is 5.32 Å². The Bertz CT molecular complexity index is 962. The Morgan fingerprint density at radius 1 is 0.571 bits per heavy atom. The highest BCUT2D eigenvalue weighted by Crippen LogP contribution is 2.30. The summed E-state index contributed by atoms with van der Waals surface area (Å²) >= 11 is 0. The predicted octanol–water partition coefficient (Wildman–Crippen LogP) is 3.88. The van der Waals surface area contributed by atoms with E-state index in [9.17, 15) is 45.6 Å². The number of aliphatic hydroxyl groups excluding tert-OH is 8. The van der Waals surface area contributed by atoms with E-state index < -0.39 is 86.8 Å². The summed E-state index contributed by atoms with van der Waals surface area (Å²) < 4.78 is 22.6. The van der Waals surface area contributed by atoms with Crippen molar-refractivity contribution in [3.05, 3.63) is 0 Å². The minimum Gasteiger partial charge on any atom is -0.394 e. The molecule has 0 radical (unpaired) electrons. The highest BCUT2D eigenvalue weighted by molar-refractivity contribution is 5.76. The van der Waals surface area contributed by atoms with Gasteiger partial charge in [0, 0.05) is 6.42 Å². The Labute approximate surface area is 336 Å². The summed E-state index contributed by atoms with van der Waals surface area (Å²) in [4.78, 5) is 13.0. The van der Waals surface area contributed by atoms with Gasteiger partial charge in [0.2, 0.25) is 5.91 Å². The van der Waals surface area contributed by atoms with Crippen LogP contribution in [-0.2, 0) is 23.7 Å². The Morgan fingerprint density at radius 3 is 1.52 bits per heavy atom. The van der Waals surface area contributed by atoms with E-state index in [1.165, 1.54) is 89.9 Å². The predicted molar refractivity (Wildman–Crippen MR) is 212 cm³/mol. The quantitative estimate of drug-likeness (QED) is 0.0430. The molecule has 0 aromatic rings. The highest BCUT2D eigenvalue weighted by Gasteiger charge is 2.51. The number of carbonyl (C=O) groups excluding carboxylic acids is 1. The third-order valence-electron chi connectivity index (χ3n) is 11.3. The van der Waals surface area contributed by atoms with E-state index in [4.69, 9.17) is 18.9 Å². The third kappa shape index (κ3) is 19.4. The van der Waals surface area contributed by atoms with Crippen LogP contribution >= 0.6 is 0 Å². The molecule has 56 heavy (non-hydrogen) atoms. The molecule has 0 aliphatic carbocycles. The summed E-state index contributed by atoms with van der Waals surface area (Å²) in [5.74, 6) is -0.211. The molecule has 2 heterocycles. The first-order chi connectivity index (χ1) is 27.1.